The molecule has 0 saturated carbocycles. The fourth-order valence-corrected chi connectivity index (χ4v) is 2.86. The van der Waals surface area contributed by atoms with Crippen molar-refractivity contribution in [1.29, 1.82) is 0 Å². The molecule has 0 aliphatic heterocycles. The Bertz CT molecular complexity index is 950. The highest BCUT2D eigenvalue weighted by Gasteiger charge is 2.15. The van der Waals surface area contributed by atoms with Crippen LogP contribution in [0.15, 0.2) is 68.7 Å². The molecular weight excluding hydrogens is 338 g/mol. The van der Waals surface area contributed by atoms with Crippen molar-refractivity contribution in [2.75, 3.05) is 12.8 Å². The Morgan fingerprint density at radius 1 is 1.20 bits per heavy atom. The highest BCUT2D eigenvalue weighted by molar-refractivity contribution is 7.98. The predicted octanol–water partition coefficient (Wildman–Crippen LogP) is 2.98. The van der Waals surface area contributed by atoms with E-state index in [0.717, 1.165) is 4.90 Å². The maximum atomic E-state index is 12.3. The van der Waals surface area contributed by atoms with E-state index in [9.17, 15) is 14.7 Å². The van der Waals surface area contributed by atoms with E-state index in [2.05, 4.69) is 5.32 Å². The van der Waals surface area contributed by atoms with Gasteiger partial charge in [-0.1, -0.05) is 30.3 Å². The minimum absolute atomic E-state index is 0.00369. The first kappa shape index (κ1) is 17.3. The Morgan fingerprint density at radius 2 is 1.92 bits per heavy atom. The van der Waals surface area contributed by atoms with E-state index in [-0.39, 0.29) is 12.1 Å². The number of fused-ring (bicyclic) bond motifs is 1. The molecule has 2 N–H and O–H groups in total. The number of hydrogen-bond acceptors (Lipinski definition) is 5. The summed E-state index contributed by atoms with van der Waals surface area (Å²) in [5, 5.41) is 13.4. The number of amides is 1. The number of para-hydroxylation sites is 1. The first-order valence-electron chi connectivity index (χ1n) is 7.71. The van der Waals surface area contributed by atoms with Crippen molar-refractivity contribution >= 4 is 28.6 Å². The molecule has 0 aliphatic rings. The zero-order chi connectivity index (χ0) is 17.8. The molecule has 0 bridgehead atoms. The zero-order valence-corrected chi connectivity index (χ0v) is 14.4. The van der Waals surface area contributed by atoms with Crippen molar-refractivity contribution in [3.05, 3.63) is 76.1 Å². The molecule has 128 valence electrons. The lowest BCUT2D eigenvalue weighted by Crippen LogP contribution is -2.31. The second-order valence-electron chi connectivity index (χ2n) is 5.48. The van der Waals surface area contributed by atoms with Gasteiger partial charge >= 0.3 is 5.63 Å². The van der Waals surface area contributed by atoms with E-state index >= 15 is 0 Å². The molecule has 0 aliphatic carbocycles. The third-order valence-corrected chi connectivity index (χ3v) is 4.59. The van der Waals surface area contributed by atoms with Crippen LogP contribution in [0.5, 0.6) is 0 Å². The second-order valence-corrected chi connectivity index (χ2v) is 6.36. The van der Waals surface area contributed by atoms with Gasteiger partial charge in [0, 0.05) is 16.8 Å². The standard InChI is InChI=1S/C19H17NO4S/c1-25-14-8-6-12(7-9-14)16(21)11-20-18(22)15-10-13-4-2-3-5-17(13)24-19(15)23/h2-10,16,21H,11H2,1H3,(H,20,22). The predicted molar refractivity (Wildman–Crippen MR) is 98.0 cm³/mol. The van der Waals surface area contributed by atoms with E-state index in [1.54, 1.807) is 36.0 Å². The number of carbonyl (C=O) groups excluding carboxylic acids is 1. The van der Waals surface area contributed by atoms with Gasteiger partial charge in [-0.05, 0) is 36.1 Å². The Kier molecular flexibility index (Phi) is 5.21. The third-order valence-electron chi connectivity index (χ3n) is 3.84. The molecule has 1 atom stereocenters. The smallest absolute Gasteiger partial charge is 0.349 e. The molecule has 25 heavy (non-hydrogen) atoms. The van der Waals surface area contributed by atoms with Gasteiger partial charge in [-0.3, -0.25) is 4.79 Å². The second kappa shape index (κ2) is 7.55. The van der Waals surface area contributed by atoms with Crippen molar-refractivity contribution in [3.63, 3.8) is 0 Å². The molecule has 3 aromatic rings. The molecule has 0 fully saturated rings. The summed E-state index contributed by atoms with van der Waals surface area (Å²) in [4.78, 5) is 25.3. The van der Waals surface area contributed by atoms with E-state index in [4.69, 9.17) is 4.42 Å². The van der Waals surface area contributed by atoms with Crippen LogP contribution >= 0.6 is 11.8 Å². The summed E-state index contributed by atoms with van der Waals surface area (Å²) in [7, 11) is 0. The summed E-state index contributed by atoms with van der Waals surface area (Å²) in [6, 6.07) is 15.9. The number of benzene rings is 2. The number of aliphatic hydroxyl groups is 1. The van der Waals surface area contributed by atoms with Crippen LogP contribution in [0.4, 0.5) is 0 Å². The molecule has 1 unspecified atom stereocenters. The van der Waals surface area contributed by atoms with Crippen LogP contribution in [0.3, 0.4) is 0 Å². The first-order valence-corrected chi connectivity index (χ1v) is 8.94. The summed E-state index contributed by atoms with van der Waals surface area (Å²) in [6.07, 6.45) is 1.12. The minimum Gasteiger partial charge on any atom is -0.422 e. The van der Waals surface area contributed by atoms with E-state index in [1.807, 2.05) is 30.5 Å². The highest BCUT2D eigenvalue weighted by atomic mass is 32.2. The van der Waals surface area contributed by atoms with Crippen molar-refractivity contribution in [1.82, 2.24) is 5.32 Å². The number of aliphatic hydroxyl groups excluding tert-OH is 1. The van der Waals surface area contributed by atoms with Gasteiger partial charge < -0.3 is 14.8 Å². The Labute approximate surface area is 148 Å². The summed E-state index contributed by atoms with van der Waals surface area (Å²) in [5.41, 5.74) is 0.347. The van der Waals surface area contributed by atoms with Gasteiger partial charge in [0.15, 0.2) is 0 Å². The minimum atomic E-state index is -0.854. The maximum Gasteiger partial charge on any atom is 0.349 e. The fraction of sp³-hybridized carbons (Fsp3) is 0.158. The number of hydrogen-bond donors (Lipinski definition) is 2. The van der Waals surface area contributed by atoms with E-state index in [1.165, 1.54) is 6.07 Å². The Hall–Kier alpha value is -2.57. The van der Waals surface area contributed by atoms with Gasteiger partial charge in [0.1, 0.15) is 11.1 Å². The lowest BCUT2D eigenvalue weighted by atomic mass is 10.1. The van der Waals surface area contributed by atoms with Crippen molar-refractivity contribution in [2.45, 2.75) is 11.0 Å². The van der Waals surface area contributed by atoms with Gasteiger partial charge in [-0.15, -0.1) is 11.8 Å². The molecule has 3 rings (SSSR count). The molecule has 1 heterocycles. The summed E-state index contributed by atoms with van der Waals surface area (Å²) in [5.74, 6) is -0.570. The van der Waals surface area contributed by atoms with Gasteiger partial charge in [0.2, 0.25) is 0 Å². The molecule has 0 radical (unpaired) electrons. The van der Waals surface area contributed by atoms with Crippen LogP contribution in [-0.4, -0.2) is 23.8 Å². The normalized spacial score (nSPS) is 12.1. The molecule has 0 spiro atoms. The van der Waals surface area contributed by atoms with Crippen molar-refractivity contribution in [2.24, 2.45) is 0 Å². The average Bonchev–Trinajstić information content (AvgIpc) is 2.65. The molecule has 0 saturated heterocycles. The molecule has 2 aromatic carbocycles. The highest BCUT2D eigenvalue weighted by Crippen LogP contribution is 2.19. The fourth-order valence-electron chi connectivity index (χ4n) is 2.45. The van der Waals surface area contributed by atoms with Crippen molar-refractivity contribution < 1.29 is 14.3 Å². The Morgan fingerprint density at radius 3 is 2.64 bits per heavy atom. The first-order chi connectivity index (χ1) is 12.1. The van der Waals surface area contributed by atoms with Crippen LogP contribution in [-0.2, 0) is 0 Å². The van der Waals surface area contributed by atoms with Crippen molar-refractivity contribution in [3.8, 4) is 0 Å². The zero-order valence-electron chi connectivity index (χ0n) is 13.6. The van der Waals surface area contributed by atoms with Crippen LogP contribution in [0.1, 0.15) is 22.0 Å². The SMILES string of the molecule is CSc1ccc(C(O)CNC(=O)c2cc3ccccc3oc2=O)cc1. The Balaban J connectivity index is 1.71. The number of thioether (sulfide) groups is 1. The average molecular weight is 355 g/mol. The quantitative estimate of drug-likeness (QED) is 0.543. The monoisotopic (exact) mass is 355 g/mol. The van der Waals surface area contributed by atoms with E-state index in [0.29, 0.717) is 16.5 Å². The largest absolute Gasteiger partial charge is 0.422 e. The lowest BCUT2D eigenvalue weighted by Gasteiger charge is -2.12. The van der Waals surface area contributed by atoms with Crippen LogP contribution < -0.4 is 10.9 Å². The van der Waals surface area contributed by atoms with Crippen LogP contribution in [0.2, 0.25) is 0 Å². The van der Waals surface area contributed by atoms with Gasteiger partial charge in [-0.2, -0.15) is 0 Å². The summed E-state index contributed by atoms with van der Waals surface area (Å²) in [6.45, 7) is 0.00369. The molecule has 1 amide bonds. The summed E-state index contributed by atoms with van der Waals surface area (Å²) < 4.78 is 5.15. The number of rotatable bonds is 5. The molecule has 1 aromatic heterocycles. The third kappa shape index (κ3) is 3.92. The number of carbonyl (C=O) groups is 1. The molecule has 5 nitrogen and oxygen atoms in total. The van der Waals surface area contributed by atoms with E-state index < -0.39 is 17.6 Å². The lowest BCUT2D eigenvalue weighted by molar-refractivity contribution is 0.0913. The van der Waals surface area contributed by atoms with Crippen LogP contribution in [0.25, 0.3) is 11.0 Å². The number of nitrogens with one attached hydrogen (secondary N) is 1. The maximum absolute atomic E-state index is 12.3. The molecular formula is C19H17NO4S. The topological polar surface area (TPSA) is 79.5 Å². The van der Waals surface area contributed by atoms with Gasteiger partial charge in [0.05, 0.1) is 6.10 Å². The van der Waals surface area contributed by atoms with Gasteiger partial charge in [-0.25, -0.2) is 4.79 Å². The van der Waals surface area contributed by atoms with Gasteiger partial charge in [0.25, 0.3) is 5.91 Å². The summed E-state index contributed by atoms with van der Waals surface area (Å²) >= 11 is 1.61. The molecule has 6 heteroatoms. The van der Waals surface area contributed by atoms with Crippen LogP contribution in [0, 0.1) is 0 Å².